The van der Waals surface area contributed by atoms with E-state index in [2.05, 4.69) is 34.8 Å². The molecule has 1 aromatic carbocycles. The summed E-state index contributed by atoms with van der Waals surface area (Å²) >= 11 is 0. The van der Waals surface area contributed by atoms with Gasteiger partial charge in [-0.2, -0.15) is 10.4 Å². The number of nitrogens with zero attached hydrogens (tertiary/aromatic N) is 3. The summed E-state index contributed by atoms with van der Waals surface area (Å²) in [5, 5.41) is 18.5. The molecule has 2 rings (SSSR count). The lowest BCUT2D eigenvalue weighted by Gasteiger charge is -2.22. The first kappa shape index (κ1) is 16.6. The molecule has 1 aromatic heterocycles. The van der Waals surface area contributed by atoms with E-state index in [9.17, 15) is 4.79 Å². The number of aromatic nitrogens is 2. The van der Waals surface area contributed by atoms with Gasteiger partial charge in [-0.05, 0) is 12.5 Å². The molecule has 120 valence electrons. The molecule has 0 spiro atoms. The smallest absolute Gasteiger partial charge is 0.315 e. The van der Waals surface area contributed by atoms with Crippen LogP contribution in [0, 0.1) is 11.3 Å². The third-order valence-corrected chi connectivity index (χ3v) is 3.82. The molecule has 0 saturated heterocycles. The molecule has 0 fully saturated rings. The fourth-order valence-electron chi connectivity index (χ4n) is 2.26. The van der Waals surface area contributed by atoms with E-state index in [1.807, 2.05) is 31.2 Å². The van der Waals surface area contributed by atoms with Crippen LogP contribution < -0.4 is 10.6 Å². The van der Waals surface area contributed by atoms with Crippen LogP contribution in [0.5, 0.6) is 0 Å². The van der Waals surface area contributed by atoms with Gasteiger partial charge in [-0.15, -0.1) is 0 Å². The molecule has 0 bridgehead atoms. The number of urea groups is 1. The van der Waals surface area contributed by atoms with E-state index >= 15 is 0 Å². The first-order valence-electron chi connectivity index (χ1n) is 7.62. The Kier molecular flexibility index (Phi) is 5.75. The van der Waals surface area contributed by atoms with E-state index in [0.29, 0.717) is 18.7 Å². The van der Waals surface area contributed by atoms with Crippen LogP contribution in [0.25, 0.3) is 0 Å². The molecular formula is C17H21N5O. The highest BCUT2D eigenvalue weighted by Crippen LogP contribution is 2.18. The summed E-state index contributed by atoms with van der Waals surface area (Å²) < 4.78 is 1.63. The largest absolute Gasteiger partial charge is 0.336 e. The van der Waals surface area contributed by atoms with Gasteiger partial charge in [0.2, 0.25) is 0 Å². The Bertz CT molecular complexity index is 674. The number of nitriles is 1. The van der Waals surface area contributed by atoms with E-state index in [-0.39, 0.29) is 18.0 Å². The second-order valence-corrected chi connectivity index (χ2v) is 5.49. The van der Waals surface area contributed by atoms with Gasteiger partial charge in [0.1, 0.15) is 6.07 Å². The standard InChI is InChI=1S/C17H21N5O/c1-13(16-6-4-3-5-7-16)14(2)21-17(23)19-8-9-22-12-15(10-18)11-20-22/h3-7,11-14H,8-9H2,1-2H3,(H2,19,21,23). The predicted octanol–water partition coefficient (Wildman–Crippen LogP) is 2.25. The van der Waals surface area contributed by atoms with Crippen molar-refractivity contribution in [2.24, 2.45) is 0 Å². The van der Waals surface area contributed by atoms with Gasteiger partial charge in [0.05, 0.1) is 18.3 Å². The molecule has 1 heterocycles. The van der Waals surface area contributed by atoms with E-state index in [4.69, 9.17) is 5.26 Å². The molecule has 0 aliphatic heterocycles. The average molecular weight is 311 g/mol. The molecule has 0 radical (unpaired) electrons. The number of carbonyl (C=O) groups is 1. The van der Waals surface area contributed by atoms with Gasteiger partial charge in [0, 0.05) is 24.7 Å². The van der Waals surface area contributed by atoms with Gasteiger partial charge in [-0.3, -0.25) is 4.68 Å². The van der Waals surface area contributed by atoms with Crippen molar-refractivity contribution in [3.05, 3.63) is 53.9 Å². The van der Waals surface area contributed by atoms with Crippen molar-refractivity contribution in [2.75, 3.05) is 6.54 Å². The molecule has 6 nitrogen and oxygen atoms in total. The second-order valence-electron chi connectivity index (χ2n) is 5.49. The Morgan fingerprint density at radius 2 is 2.09 bits per heavy atom. The van der Waals surface area contributed by atoms with Gasteiger partial charge in [-0.1, -0.05) is 37.3 Å². The van der Waals surface area contributed by atoms with Gasteiger partial charge in [0.25, 0.3) is 0 Å². The minimum atomic E-state index is -0.201. The summed E-state index contributed by atoms with van der Waals surface area (Å²) in [5.41, 5.74) is 1.71. The molecule has 23 heavy (non-hydrogen) atoms. The molecule has 6 heteroatoms. The summed E-state index contributed by atoms with van der Waals surface area (Å²) in [6, 6.07) is 11.9. The van der Waals surface area contributed by atoms with Gasteiger partial charge < -0.3 is 10.6 Å². The molecule has 2 aromatic rings. The molecule has 2 N–H and O–H groups in total. The minimum absolute atomic E-state index is 0.0206. The lowest BCUT2D eigenvalue weighted by molar-refractivity contribution is 0.235. The highest BCUT2D eigenvalue weighted by molar-refractivity contribution is 5.74. The Labute approximate surface area is 136 Å². The van der Waals surface area contributed by atoms with Crippen molar-refractivity contribution in [3.63, 3.8) is 0 Å². The number of benzene rings is 1. The normalized spacial score (nSPS) is 12.9. The number of rotatable bonds is 6. The van der Waals surface area contributed by atoms with Crippen molar-refractivity contribution >= 4 is 6.03 Å². The maximum atomic E-state index is 11.9. The number of carbonyl (C=O) groups excluding carboxylic acids is 1. The van der Waals surface area contributed by atoms with Crippen LogP contribution in [0.2, 0.25) is 0 Å². The Morgan fingerprint density at radius 3 is 2.74 bits per heavy atom. The van der Waals surface area contributed by atoms with Crippen molar-refractivity contribution in [3.8, 4) is 6.07 Å². The monoisotopic (exact) mass is 311 g/mol. The molecule has 0 aliphatic rings. The fraction of sp³-hybridized carbons (Fsp3) is 0.353. The third-order valence-electron chi connectivity index (χ3n) is 3.82. The number of hydrogen-bond acceptors (Lipinski definition) is 3. The van der Waals surface area contributed by atoms with E-state index in [1.54, 1.807) is 10.9 Å². The van der Waals surface area contributed by atoms with Crippen molar-refractivity contribution in [1.29, 1.82) is 5.26 Å². The van der Waals surface area contributed by atoms with Crippen molar-refractivity contribution < 1.29 is 4.79 Å². The SMILES string of the molecule is CC(NC(=O)NCCn1cc(C#N)cn1)C(C)c1ccccc1. The van der Waals surface area contributed by atoms with E-state index < -0.39 is 0 Å². The summed E-state index contributed by atoms with van der Waals surface area (Å²) in [6.45, 7) is 5.06. The van der Waals surface area contributed by atoms with Crippen LogP contribution in [0.1, 0.15) is 30.9 Å². The zero-order valence-corrected chi connectivity index (χ0v) is 13.4. The maximum Gasteiger partial charge on any atom is 0.315 e. The highest BCUT2D eigenvalue weighted by Gasteiger charge is 2.16. The van der Waals surface area contributed by atoms with Crippen LogP contribution in [-0.2, 0) is 6.54 Å². The maximum absolute atomic E-state index is 11.9. The number of amides is 2. The van der Waals surface area contributed by atoms with Gasteiger partial charge >= 0.3 is 6.03 Å². The fourth-order valence-corrected chi connectivity index (χ4v) is 2.26. The molecule has 0 saturated carbocycles. The van der Waals surface area contributed by atoms with Gasteiger partial charge in [0.15, 0.2) is 0 Å². The highest BCUT2D eigenvalue weighted by atomic mass is 16.2. The van der Waals surface area contributed by atoms with Crippen molar-refractivity contribution in [1.82, 2.24) is 20.4 Å². The summed E-state index contributed by atoms with van der Waals surface area (Å²) in [6.07, 6.45) is 3.16. The summed E-state index contributed by atoms with van der Waals surface area (Å²) in [5.74, 6) is 0.228. The second kappa shape index (κ2) is 7.99. The Hall–Kier alpha value is -2.81. The predicted molar refractivity (Wildman–Crippen MR) is 87.8 cm³/mol. The molecule has 2 unspecified atom stereocenters. The summed E-state index contributed by atoms with van der Waals surface area (Å²) in [4.78, 5) is 11.9. The Morgan fingerprint density at radius 1 is 1.35 bits per heavy atom. The van der Waals surface area contributed by atoms with E-state index in [0.717, 1.165) is 0 Å². The topological polar surface area (TPSA) is 82.7 Å². The van der Waals surface area contributed by atoms with Gasteiger partial charge in [-0.25, -0.2) is 4.79 Å². The minimum Gasteiger partial charge on any atom is -0.336 e. The zero-order chi connectivity index (χ0) is 16.7. The Balaban J connectivity index is 1.75. The lowest BCUT2D eigenvalue weighted by atomic mass is 9.95. The van der Waals surface area contributed by atoms with E-state index in [1.165, 1.54) is 11.8 Å². The van der Waals surface area contributed by atoms with Crippen molar-refractivity contribution in [2.45, 2.75) is 32.4 Å². The third kappa shape index (κ3) is 4.85. The first-order chi connectivity index (χ1) is 11.1. The van der Waals surface area contributed by atoms with Crippen LogP contribution in [0.15, 0.2) is 42.7 Å². The number of hydrogen-bond donors (Lipinski definition) is 2. The summed E-state index contributed by atoms with van der Waals surface area (Å²) in [7, 11) is 0. The van der Waals surface area contributed by atoms with Crippen LogP contribution >= 0.6 is 0 Å². The molecular weight excluding hydrogens is 290 g/mol. The zero-order valence-electron chi connectivity index (χ0n) is 13.4. The van der Waals surface area contributed by atoms with Crippen LogP contribution in [-0.4, -0.2) is 28.4 Å². The van der Waals surface area contributed by atoms with Crippen LogP contribution in [0.4, 0.5) is 4.79 Å². The number of nitrogens with one attached hydrogen (secondary N) is 2. The molecule has 2 amide bonds. The molecule has 2 atom stereocenters. The lowest BCUT2D eigenvalue weighted by Crippen LogP contribution is -2.43. The first-order valence-corrected chi connectivity index (χ1v) is 7.62. The van der Waals surface area contributed by atoms with Crippen LogP contribution in [0.3, 0.4) is 0 Å². The molecule has 0 aliphatic carbocycles. The quantitative estimate of drug-likeness (QED) is 0.858. The average Bonchev–Trinajstić information content (AvgIpc) is 3.03.